The molecule has 4 aromatic rings. The Kier molecular flexibility index (Phi) is 5.50. The van der Waals surface area contributed by atoms with Crippen LogP contribution in [0.2, 0.25) is 0 Å². The van der Waals surface area contributed by atoms with E-state index in [1.165, 1.54) is 23.5 Å². The molecule has 32 heavy (non-hydrogen) atoms. The summed E-state index contributed by atoms with van der Waals surface area (Å²) in [6.07, 6.45) is 3.88. The minimum atomic E-state index is -0.276. The number of rotatable bonds is 4. The molecule has 0 radical (unpaired) electrons. The van der Waals surface area contributed by atoms with Gasteiger partial charge < -0.3 is 15.2 Å². The largest absolute Gasteiger partial charge is 0.336 e. The molecule has 1 aliphatic rings. The maximum Gasteiger partial charge on any atom is 0.269 e. The molecule has 7 nitrogen and oxygen atoms in total. The molecule has 0 saturated carbocycles. The number of halogens is 1. The van der Waals surface area contributed by atoms with Crippen molar-refractivity contribution >= 4 is 27.5 Å². The molecular formula is C23H20FN5O2S. The summed E-state index contributed by atoms with van der Waals surface area (Å²) in [5, 5.41) is 5.10. The molecular weight excluding hydrogens is 429 g/mol. The van der Waals surface area contributed by atoms with Crippen molar-refractivity contribution in [2.75, 3.05) is 19.6 Å². The molecule has 1 unspecified atom stereocenters. The third kappa shape index (κ3) is 4.04. The number of carbonyl (C=O) groups excluding carboxylic acids is 1. The van der Waals surface area contributed by atoms with Crippen molar-refractivity contribution in [2.24, 2.45) is 0 Å². The molecule has 2 N–H and O–H groups in total. The van der Waals surface area contributed by atoms with Gasteiger partial charge in [-0.3, -0.25) is 14.6 Å². The van der Waals surface area contributed by atoms with Crippen molar-refractivity contribution in [1.82, 2.24) is 25.2 Å². The summed E-state index contributed by atoms with van der Waals surface area (Å²) >= 11 is 1.22. The van der Waals surface area contributed by atoms with E-state index in [1.54, 1.807) is 40.9 Å². The van der Waals surface area contributed by atoms with E-state index in [4.69, 9.17) is 0 Å². The Hall–Kier alpha value is -3.43. The normalized spacial score (nSPS) is 16.4. The lowest BCUT2D eigenvalue weighted by atomic mass is 10.0. The van der Waals surface area contributed by atoms with Crippen molar-refractivity contribution in [3.05, 3.63) is 81.5 Å². The molecule has 0 aliphatic carbocycles. The fourth-order valence-corrected chi connectivity index (χ4v) is 4.86. The van der Waals surface area contributed by atoms with E-state index in [-0.39, 0.29) is 23.3 Å². The number of benzene rings is 1. The standard InChI is InChI=1S/C23H20FN5O2S/c24-16-5-1-3-14(9-16)10-17-12-29(8-7-26-17)23(31)18-13-32-20-19(18)27-21(28-22(20)30)15-4-2-6-25-11-15/h1-6,9,11,13,17,26H,7-8,10,12H2,(H,27,28,30). The van der Waals surface area contributed by atoms with E-state index in [9.17, 15) is 14.0 Å². The second kappa shape index (κ2) is 8.60. The van der Waals surface area contributed by atoms with Crippen LogP contribution in [0.15, 0.2) is 59.0 Å². The van der Waals surface area contributed by atoms with Gasteiger partial charge in [-0.15, -0.1) is 11.3 Å². The predicted molar refractivity (Wildman–Crippen MR) is 121 cm³/mol. The lowest BCUT2D eigenvalue weighted by molar-refractivity contribution is 0.0705. The van der Waals surface area contributed by atoms with E-state index in [0.29, 0.717) is 53.2 Å². The monoisotopic (exact) mass is 449 g/mol. The third-order valence-electron chi connectivity index (χ3n) is 5.51. The van der Waals surface area contributed by atoms with Gasteiger partial charge in [0.25, 0.3) is 11.5 Å². The summed E-state index contributed by atoms with van der Waals surface area (Å²) in [5.74, 6) is -0.0405. The van der Waals surface area contributed by atoms with Crippen molar-refractivity contribution in [3.63, 3.8) is 0 Å². The van der Waals surface area contributed by atoms with E-state index in [0.717, 1.165) is 5.56 Å². The number of hydrogen-bond donors (Lipinski definition) is 2. The minimum Gasteiger partial charge on any atom is -0.336 e. The number of carbonyl (C=O) groups is 1. The summed E-state index contributed by atoms with van der Waals surface area (Å²) in [7, 11) is 0. The Bertz CT molecular complexity index is 1340. The van der Waals surface area contributed by atoms with E-state index >= 15 is 0 Å². The number of thiophene rings is 1. The fourth-order valence-electron chi connectivity index (χ4n) is 3.98. The number of nitrogens with zero attached hydrogens (tertiary/aromatic N) is 3. The summed E-state index contributed by atoms with van der Waals surface area (Å²) in [6, 6.07) is 10.1. The zero-order valence-corrected chi connectivity index (χ0v) is 17.9. The van der Waals surface area contributed by atoms with Gasteiger partial charge in [-0.2, -0.15) is 0 Å². The first-order chi connectivity index (χ1) is 15.6. The van der Waals surface area contributed by atoms with Gasteiger partial charge in [-0.1, -0.05) is 12.1 Å². The molecule has 0 bridgehead atoms. The van der Waals surface area contributed by atoms with Crippen LogP contribution in [-0.4, -0.2) is 51.4 Å². The molecule has 5 rings (SSSR count). The van der Waals surface area contributed by atoms with Crippen LogP contribution in [0.1, 0.15) is 15.9 Å². The number of amides is 1. The third-order valence-corrected chi connectivity index (χ3v) is 6.47. The average molecular weight is 450 g/mol. The van der Waals surface area contributed by atoms with Gasteiger partial charge in [-0.05, 0) is 36.2 Å². The molecule has 9 heteroatoms. The number of aromatic amines is 1. The van der Waals surface area contributed by atoms with Gasteiger partial charge in [0.1, 0.15) is 21.9 Å². The first-order valence-corrected chi connectivity index (χ1v) is 11.2. The maximum absolute atomic E-state index is 13.5. The number of piperazine rings is 1. The van der Waals surface area contributed by atoms with Gasteiger partial charge in [0.2, 0.25) is 0 Å². The molecule has 1 aliphatic heterocycles. The first kappa shape index (κ1) is 20.5. The topological polar surface area (TPSA) is 91.0 Å². The number of fused-ring (bicyclic) bond motifs is 1. The van der Waals surface area contributed by atoms with Crippen LogP contribution in [0, 0.1) is 5.82 Å². The summed E-state index contributed by atoms with van der Waals surface area (Å²) in [4.78, 5) is 39.2. The maximum atomic E-state index is 13.5. The molecule has 1 amide bonds. The van der Waals surface area contributed by atoms with Gasteiger partial charge >= 0.3 is 0 Å². The van der Waals surface area contributed by atoms with E-state index < -0.39 is 0 Å². The smallest absolute Gasteiger partial charge is 0.269 e. The molecule has 3 aromatic heterocycles. The van der Waals surface area contributed by atoms with Crippen molar-refractivity contribution in [3.8, 4) is 11.4 Å². The Morgan fingerprint density at radius 1 is 1.28 bits per heavy atom. The van der Waals surface area contributed by atoms with Gasteiger partial charge in [0.15, 0.2) is 0 Å². The first-order valence-electron chi connectivity index (χ1n) is 10.3. The number of nitrogens with one attached hydrogen (secondary N) is 2. The van der Waals surface area contributed by atoms with E-state index in [1.807, 2.05) is 6.07 Å². The van der Waals surface area contributed by atoms with Gasteiger partial charge in [0, 0.05) is 49.0 Å². The van der Waals surface area contributed by atoms with Gasteiger partial charge in [0.05, 0.1) is 5.56 Å². The second-order valence-corrected chi connectivity index (χ2v) is 8.60. The highest BCUT2D eigenvalue weighted by molar-refractivity contribution is 7.17. The van der Waals surface area contributed by atoms with Crippen molar-refractivity contribution in [1.29, 1.82) is 0 Å². The predicted octanol–water partition coefficient (Wildman–Crippen LogP) is 2.84. The number of aromatic nitrogens is 3. The Labute approximate surface area is 187 Å². The molecule has 4 heterocycles. The number of H-pyrrole nitrogens is 1. The lowest BCUT2D eigenvalue weighted by Gasteiger charge is -2.33. The minimum absolute atomic E-state index is 0.0155. The highest BCUT2D eigenvalue weighted by atomic mass is 32.1. The zero-order valence-electron chi connectivity index (χ0n) is 17.0. The summed E-state index contributed by atoms with van der Waals surface area (Å²) in [5.41, 5.74) is 2.11. The average Bonchev–Trinajstić information content (AvgIpc) is 3.24. The molecule has 1 aromatic carbocycles. The van der Waals surface area contributed by atoms with Crippen LogP contribution in [0.3, 0.4) is 0 Å². The van der Waals surface area contributed by atoms with Crippen LogP contribution in [0.5, 0.6) is 0 Å². The van der Waals surface area contributed by atoms with Crippen LogP contribution in [0.4, 0.5) is 4.39 Å². The highest BCUT2D eigenvalue weighted by Crippen LogP contribution is 2.25. The van der Waals surface area contributed by atoms with Crippen LogP contribution >= 0.6 is 11.3 Å². The summed E-state index contributed by atoms with van der Waals surface area (Å²) < 4.78 is 13.9. The number of pyridine rings is 1. The van der Waals surface area contributed by atoms with Crippen molar-refractivity contribution in [2.45, 2.75) is 12.5 Å². The fraction of sp³-hybridized carbons (Fsp3) is 0.217. The quantitative estimate of drug-likeness (QED) is 0.500. The van der Waals surface area contributed by atoms with Crippen LogP contribution in [0.25, 0.3) is 21.6 Å². The molecule has 162 valence electrons. The van der Waals surface area contributed by atoms with E-state index in [2.05, 4.69) is 20.3 Å². The summed E-state index contributed by atoms with van der Waals surface area (Å²) in [6.45, 7) is 1.68. The molecule has 1 atom stereocenters. The van der Waals surface area contributed by atoms with Crippen LogP contribution in [-0.2, 0) is 6.42 Å². The zero-order chi connectivity index (χ0) is 22.1. The van der Waals surface area contributed by atoms with Crippen molar-refractivity contribution < 1.29 is 9.18 Å². The number of hydrogen-bond acceptors (Lipinski definition) is 6. The molecule has 1 saturated heterocycles. The molecule has 0 spiro atoms. The Morgan fingerprint density at radius 3 is 3.00 bits per heavy atom. The lowest BCUT2D eigenvalue weighted by Crippen LogP contribution is -2.53. The highest BCUT2D eigenvalue weighted by Gasteiger charge is 2.27. The van der Waals surface area contributed by atoms with Crippen LogP contribution < -0.4 is 10.9 Å². The van der Waals surface area contributed by atoms with Gasteiger partial charge in [-0.25, -0.2) is 9.37 Å². The SMILES string of the molecule is O=C(c1csc2c(=O)[nH]c(-c3cccnc3)nc12)N1CCNC(Cc2cccc(F)c2)C1. The second-order valence-electron chi connectivity index (χ2n) is 7.72. The molecule has 1 fully saturated rings. The Balaban J connectivity index is 1.41. The Morgan fingerprint density at radius 2 is 2.19 bits per heavy atom.